The first-order chi connectivity index (χ1) is 54.7. The summed E-state index contributed by atoms with van der Waals surface area (Å²) in [6.45, 7) is 16.3. The number of hydrogen-bond acceptors (Lipinski definition) is 24. The van der Waals surface area contributed by atoms with Gasteiger partial charge in [-0.15, -0.1) is 56.7 Å². The Hall–Kier alpha value is -12.4. The molecule has 0 aliphatic heterocycles. The molecule has 0 fully saturated rings. The van der Waals surface area contributed by atoms with Crippen molar-refractivity contribution >= 4 is 128 Å². The van der Waals surface area contributed by atoms with Crippen LogP contribution in [0.5, 0.6) is 28.7 Å². The zero-order chi connectivity index (χ0) is 80.2. The smallest absolute Gasteiger partial charge is 0.272 e. The number of thiazole rings is 5. The lowest BCUT2D eigenvalue weighted by molar-refractivity contribution is -0.385. The highest BCUT2D eigenvalue weighted by molar-refractivity contribution is 7.15. The highest BCUT2D eigenvalue weighted by Gasteiger charge is 2.17. The van der Waals surface area contributed by atoms with Gasteiger partial charge in [0, 0.05) is 102 Å². The van der Waals surface area contributed by atoms with E-state index in [-0.39, 0.29) is 29.8 Å². The second-order valence-corrected chi connectivity index (χ2v) is 29.7. The first-order valence-corrected chi connectivity index (χ1v) is 40.0. The van der Waals surface area contributed by atoms with Crippen LogP contribution in [0.3, 0.4) is 0 Å². The van der Waals surface area contributed by atoms with Crippen LogP contribution in [0.2, 0.25) is 0 Å². The minimum atomic E-state index is -0.363. The lowest BCUT2D eigenvalue weighted by Crippen LogP contribution is -2.05. The standard InChI is InChI=1S/C19H19N3O3S.C19H20N2O3S.C17H15N3O2S.C16H13FN2S.C15H19N3S.CH4/c1-12(23)20-14-5-7-15(8-6-14)21-19-22-16(11-26-19)13-4-9-17(24-2)18(10-13)25-3;1-4-24-16-8-6-5-7-14(16)20-19-21-15(12-25-19)13-9-10-17(22-2)18(11-13)23-3;1-11-5-3-4-6-14(11)18-17-19-15(10-23-17)13-8-7-12(2)16(9-13)20(21)22;1-11-2-4-12(5-3-11)15-10-20-16(19-15)18-14-8-6-13(17)7-9-14;1-11(2)9-12(3)17-18-15-16-14(10-19-15)13-7-5-4-6-8-13;/h4-11H,1-3H3,(H,20,23)(H,21,22);5-12H,4H2,1-3H3,(H,20,21);3-10H,1-2H3,(H,18,19);2-10H,1H3,(H,18,19);4-8,10-11H,9H2,1-3H3,(H,16,18);1H4/b;;;;17-12-;. The van der Waals surface area contributed by atoms with Gasteiger partial charge in [-0.25, -0.2) is 29.3 Å². The second kappa shape index (κ2) is 42.9. The Labute approximate surface area is 684 Å². The minimum absolute atomic E-state index is 0. The Morgan fingerprint density at radius 3 is 1.37 bits per heavy atom. The van der Waals surface area contributed by atoms with Crippen LogP contribution in [0.1, 0.15) is 65.2 Å². The van der Waals surface area contributed by atoms with E-state index in [1.807, 2.05) is 181 Å². The number of ether oxygens (including phenoxy) is 5. The van der Waals surface area contributed by atoms with Gasteiger partial charge in [0.2, 0.25) is 11.0 Å². The van der Waals surface area contributed by atoms with Crippen LogP contribution in [0.15, 0.2) is 238 Å². The van der Waals surface area contributed by atoms with Crippen LogP contribution in [0.25, 0.3) is 56.3 Å². The summed E-state index contributed by atoms with van der Waals surface area (Å²) in [5, 5.41) is 45.1. The molecule has 0 aliphatic rings. The van der Waals surface area contributed by atoms with E-state index in [4.69, 9.17) is 23.7 Å². The molecule has 114 heavy (non-hydrogen) atoms. The van der Waals surface area contributed by atoms with Crippen molar-refractivity contribution in [2.24, 2.45) is 11.0 Å². The van der Waals surface area contributed by atoms with Gasteiger partial charge in [0.05, 0.1) is 74.1 Å². The molecule has 21 nitrogen and oxygen atoms in total. The number of halogens is 1. The van der Waals surface area contributed by atoms with Crippen LogP contribution in [-0.2, 0) is 4.79 Å². The Bertz CT molecular complexity index is 5420. The summed E-state index contributed by atoms with van der Waals surface area (Å²) < 4.78 is 39.7. The molecule has 0 saturated heterocycles. The van der Waals surface area contributed by atoms with E-state index in [1.165, 1.54) is 70.0 Å². The Morgan fingerprint density at radius 2 is 0.877 bits per heavy atom. The number of amides is 1. The number of para-hydroxylation sites is 3. The molecule has 0 saturated carbocycles. The molecule has 6 N–H and O–H groups in total. The Morgan fingerprint density at radius 1 is 0.465 bits per heavy atom. The summed E-state index contributed by atoms with van der Waals surface area (Å²) in [5.74, 6) is 3.84. The van der Waals surface area contributed by atoms with Crippen molar-refractivity contribution < 1.29 is 37.8 Å². The first kappa shape index (κ1) is 85.6. The highest BCUT2D eigenvalue weighted by atomic mass is 32.1. The maximum Gasteiger partial charge on any atom is 0.272 e. The molecule has 0 aliphatic carbocycles. The third-order valence-corrected chi connectivity index (χ3v) is 20.2. The average Bonchev–Trinajstić information content (AvgIpc) is 1.26. The number of nitrogens with zero attached hydrogens (tertiary/aromatic N) is 7. The van der Waals surface area contributed by atoms with Gasteiger partial charge in [-0.1, -0.05) is 124 Å². The van der Waals surface area contributed by atoms with Crippen molar-refractivity contribution in [1.82, 2.24) is 24.9 Å². The topological polar surface area (TPSA) is 255 Å². The molecule has 0 unspecified atom stereocenters. The number of anilines is 10. The van der Waals surface area contributed by atoms with Gasteiger partial charge < -0.3 is 50.3 Å². The maximum atomic E-state index is 12.8. The van der Waals surface area contributed by atoms with Crippen LogP contribution >= 0.6 is 56.7 Å². The van der Waals surface area contributed by atoms with Gasteiger partial charge in [0.1, 0.15) is 11.6 Å². The number of rotatable bonds is 25. The zero-order valence-corrected chi connectivity index (χ0v) is 68.4. The summed E-state index contributed by atoms with van der Waals surface area (Å²) in [4.78, 5) is 44.6. The zero-order valence-electron chi connectivity index (χ0n) is 64.3. The monoisotopic (exact) mass is 1620 g/mol. The van der Waals surface area contributed by atoms with Crippen molar-refractivity contribution in [3.05, 3.63) is 266 Å². The maximum absolute atomic E-state index is 12.8. The molecule has 0 radical (unpaired) electrons. The number of carbonyl (C=O) groups excluding carboxylic acids is 1. The fourth-order valence-electron chi connectivity index (χ4n) is 10.8. The molecule has 27 heteroatoms. The third kappa shape index (κ3) is 25.3. The summed E-state index contributed by atoms with van der Waals surface area (Å²) >= 11 is 7.63. The molecule has 0 atom stereocenters. The van der Waals surface area contributed by atoms with Crippen LogP contribution in [-0.4, -0.2) is 76.5 Å². The fraction of sp³-hybridized carbons (Fsp3) is 0.184. The molecule has 5 aromatic heterocycles. The van der Waals surface area contributed by atoms with E-state index in [9.17, 15) is 19.3 Å². The number of benzene rings is 9. The molecule has 1 amide bonds. The third-order valence-electron chi connectivity index (χ3n) is 16.4. The molecule has 0 spiro atoms. The average molecular weight is 1630 g/mol. The molecule has 5 heterocycles. The molecule has 14 aromatic rings. The summed E-state index contributed by atoms with van der Waals surface area (Å²) in [7, 11) is 6.47. The van der Waals surface area contributed by atoms with E-state index in [0.717, 1.165) is 134 Å². The van der Waals surface area contributed by atoms with Crippen LogP contribution in [0, 0.1) is 42.6 Å². The second-order valence-electron chi connectivity index (χ2n) is 25.4. The number of hydrogen-bond donors (Lipinski definition) is 6. The Kier molecular flexibility index (Phi) is 32.2. The Balaban J connectivity index is 0.000000164. The van der Waals surface area contributed by atoms with Crippen molar-refractivity contribution in [3.8, 4) is 85.0 Å². The van der Waals surface area contributed by atoms with Gasteiger partial charge in [-0.05, 0) is 156 Å². The lowest BCUT2D eigenvalue weighted by Gasteiger charge is -2.10. The molecule has 9 aromatic carbocycles. The van der Waals surface area contributed by atoms with Crippen molar-refractivity contribution in [3.63, 3.8) is 0 Å². The lowest BCUT2D eigenvalue weighted by atomic mass is 10.1. The fourth-order valence-corrected chi connectivity index (χ4v) is 14.4. The number of nitrogens with one attached hydrogen (secondary N) is 6. The van der Waals surface area contributed by atoms with E-state index >= 15 is 0 Å². The quantitative estimate of drug-likeness (QED) is 0.0177. The van der Waals surface area contributed by atoms with Gasteiger partial charge in [-0.3, -0.25) is 20.3 Å². The van der Waals surface area contributed by atoms with Crippen LogP contribution in [0.4, 0.5) is 64.2 Å². The van der Waals surface area contributed by atoms with Gasteiger partial charge >= 0.3 is 0 Å². The number of nitro groups is 1. The summed E-state index contributed by atoms with van der Waals surface area (Å²) in [6.07, 6.45) is 1.00. The predicted molar refractivity (Wildman–Crippen MR) is 472 cm³/mol. The summed E-state index contributed by atoms with van der Waals surface area (Å²) in [5.41, 5.74) is 20.9. The van der Waals surface area contributed by atoms with Crippen LogP contribution < -0.4 is 55.7 Å². The summed E-state index contributed by atoms with van der Waals surface area (Å²) in [6, 6.07) is 64.6. The predicted octanol–water partition coefficient (Wildman–Crippen LogP) is 24.9. The van der Waals surface area contributed by atoms with E-state index < -0.39 is 0 Å². The van der Waals surface area contributed by atoms with E-state index in [2.05, 4.69) is 119 Å². The van der Waals surface area contributed by atoms with Crippen molar-refractivity contribution in [2.45, 2.75) is 69.2 Å². The number of methoxy groups -OCH3 is 4. The largest absolute Gasteiger partial charge is 0.493 e. The molecule has 588 valence electrons. The van der Waals surface area contributed by atoms with Gasteiger partial charge in [0.15, 0.2) is 43.5 Å². The van der Waals surface area contributed by atoms with Gasteiger partial charge in [0.25, 0.3) is 5.69 Å². The highest BCUT2D eigenvalue weighted by Crippen LogP contribution is 2.39. The SMILES string of the molecule is C.C/C(CC(C)C)=N/Nc1nc(-c2ccccc2)cs1.CCOc1ccccc1Nc1nc(-c2ccc(OC)c(OC)c2)cs1.COc1ccc(-c2csc(Nc3ccc(NC(C)=O)cc3)n2)cc1OC.Cc1ccc(-c2csc(Nc3ccc(F)cc3)n2)cc1.Cc1ccccc1Nc1nc(-c2ccc(C)c([N+](=O)[O-])c2)cs1. The first-order valence-electron chi connectivity index (χ1n) is 35.6. The number of carbonyl (C=O) groups is 1. The number of aryl methyl sites for hydroxylation is 3. The van der Waals surface area contributed by atoms with Crippen molar-refractivity contribution in [1.29, 1.82) is 0 Å². The number of nitro benzene ring substituents is 1. The minimum Gasteiger partial charge on any atom is -0.493 e. The molecular formula is C87H90FN13O8S5. The van der Waals surface area contributed by atoms with E-state index in [0.29, 0.717) is 41.1 Å². The normalized spacial score (nSPS) is 10.6. The molecule has 0 bridgehead atoms. The molecular weight excluding hydrogens is 1530 g/mol. The number of aromatic nitrogens is 5. The molecule has 14 rings (SSSR count). The number of hydrazone groups is 1. The van der Waals surface area contributed by atoms with Crippen molar-refractivity contribution in [2.75, 3.05) is 67.1 Å². The van der Waals surface area contributed by atoms with E-state index in [1.54, 1.807) is 71.0 Å². The van der Waals surface area contributed by atoms with Gasteiger partial charge in [-0.2, -0.15) is 5.10 Å².